The average Bonchev–Trinajstić information content (AvgIpc) is 2.42. The fourth-order valence-electron chi connectivity index (χ4n) is 2.03. The molecule has 0 saturated carbocycles. The zero-order valence-corrected chi connectivity index (χ0v) is 11.5. The quantitative estimate of drug-likeness (QED) is 0.737. The molecule has 0 saturated heterocycles. The smallest absolute Gasteiger partial charge is 0.163 e. The van der Waals surface area contributed by atoms with Crippen LogP contribution in [-0.2, 0) is 6.42 Å². The lowest BCUT2D eigenvalue weighted by Gasteiger charge is -2.19. The number of benzene rings is 1. The molecule has 0 aliphatic rings. The van der Waals surface area contributed by atoms with Gasteiger partial charge in [0.2, 0.25) is 0 Å². The maximum atomic E-state index is 5.52. The Labute approximate surface area is 109 Å². The number of rotatable bonds is 8. The molecule has 4 heteroatoms. The summed E-state index contributed by atoms with van der Waals surface area (Å²) in [5.41, 5.74) is 6.68. The number of hydrogen-bond donors (Lipinski definition) is 2. The molecule has 102 valence electrons. The minimum absolute atomic E-state index is 0.412. The molecule has 3 N–H and O–H groups in total. The minimum Gasteiger partial charge on any atom is -0.493 e. The maximum absolute atomic E-state index is 5.52. The van der Waals surface area contributed by atoms with E-state index < -0.39 is 0 Å². The standard InChI is InChI=1S/C14H24N2O2/c1-4-12(16-9-8-15)10-11-6-5-7-13(17-2)14(11)18-3/h5-7,12,16H,4,8-10,15H2,1-3H3. The molecule has 0 aliphatic carbocycles. The van der Waals surface area contributed by atoms with Gasteiger partial charge in [-0.1, -0.05) is 19.1 Å². The fourth-order valence-corrected chi connectivity index (χ4v) is 2.03. The molecule has 0 heterocycles. The third-order valence-electron chi connectivity index (χ3n) is 3.02. The summed E-state index contributed by atoms with van der Waals surface area (Å²) in [5.74, 6) is 1.61. The first-order valence-electron chi connectivity index (χ1n) is 6.40. The highest BCUT2D eigenvalue weighted by molar-refractivity contribution is 5.46. The van der Waals surface area contributed by atoms with E-state index in [1.165, 1.54) is 0 Å². The van der Waals surface area contributed by atoms with Crippen LogP contribution in [0.2, 0.25) is 0 Å². The summed E-state index contributed by atoms with van der Waals surface area (Å²) >= 11 is 0. The van der Waals surface area contributed by atoms with Crippen LogP contribution in [-0.4, -0.2) is 33.4 Å². The Balaban J connectivity index is 2.81. The van der Waals surface area contributed by atoms with Crippen molar-refractivity contribution in [2.24, 2.45) is 5.73 Å². The summed E-state index contributed by atoms with van der Waals surface area (Å²) < 4.78 is 10.7. The molecule has 0 bridgehead atoms. The van der Waals surface area contributed by atoms with E-state index in [1.54, 1.807) is 14.2 Å². The highest BCUT2D eigenvalue weighted by atomic mass is 16.5. The molecule has 1 unspecified atom stereocenters. The Kier molecular flexibility index (Phi) is 6.54. The van der Waals surface area contributed by atoms with Gasteiger partial charge in [-0.2, -0.15) is 0 Å². The van der Waals surface area contributed by atoms with Crippen LogP contribution in [0.15, 0.2) is 18.2 Å². The highest BCUT2D eigenvalue weighted by Crippen LogP contribution is 2.31. The zero-order valence-electron chi connectivity index (χ0n) is 11.5. The third-order valence-corrected chi connectivity index (χ3v) is 3.02. The monoisotopic (exact) mass is 252 g/mol. The molecule has 1 atom stereocenters. The normalized spacial score (nSPS) is 12.2. The van der Waals surface area contributed by atoms with Gasteiger partial charge in [0.25, 0.3) is 0 Å². The number of nitrogens with two attached hydrogens (primary N) is 1. The van der Waals surface area contributed by atoms with E-state index in [-0.39, 0.29) is 0 Å². The van der Waals surface area contributed by atoms with Crippen LogP contribution < -0.4 is 20.5 Å². The van der Waals surface area contributed by atoms with Crippen LogP contribution in [0.1, 0.15) is 18.9 Å². The molecular formula is C14H24N2O2. The molecule has 1 rings (SSSR count). The van der Waals surface area contributed by atoms with Crippen LogP contribution >= 0.6 is 0 Å². The van der Waals surface area contributed by atoms with Crippen molar-refractivity contribution in [1.82, 2.24) is 5.32 Å². The predicted molar refractivity (Wildman–Crippen MR) is 74.4 cm³/mol. The van der Waals surface area contributed by atoms with E-state index in [0.29, 0.717) is 12.6 Å². The Morgan fingerprint density at radius 2 is 2.06 bits per heavy atom. The van der Waals surface area contributed by atoms with E-state index >= 15 is 0 Å². The first-order chi connectivity index (χ1) is 8.76. The lowest BCUT2D eigenvalue weighted by molar-refractivity contribution is 0.349. The summed E-state index contributed by atoms with van der Waals surface area (Å²) in [6, 6.07) is 6.39. The van der Waals surface area contributed by atoms with E-state index in [9.17, 15) is 0 Å². The molecule has 1 aromatic rings. The number of para-hydroxylation sites is 1. The Morgan fingerprint density at radius 3 is 2.61 bits per heavy atom. The summed E-state index contributed by atoms with van der Waals surface area (Å²) in [5, 5.41) is 3.43. The van der Waals surface area contributed by atoms with Crippen LogP contribution in [0.25, 0.3) is 0 Å². The Bertz CT molecular complexity index is 356. The number of nitrogens with one attached hydrogen (secondary N) is 1. The van der Waals surface area contributed by atoms with Gasteiger partial charge in [-0.3, -0.25) is 0 Å². The molecule has 0 aromatic heterocycles. The summed E-state index contributed by atoms with van der Waals surface area (Å²) in [7, 11) is 3.33. The van der Waals surface area contributed by atoms with Crippen molar-refractivity contribution >= 4 is 0 Å². The van der Waals surface area contributed by atoms with Crippen molar-refractivity contribution in [3.8, 4) is 11.5 Å². The van der Waals surface area contributed by atoms with Gasteiger partial charge in [0, 0.05) is 19.1 Å². The zero-order chi connectivity index (χ0) is 13.4. The summed E-state index contributed by atoms with van der Waals surface area (Å²) in [6.45, 7) is 3.66. The van der Waals surface area contributed by atoms with E-state index in [2.05, 4.69) is 18.3 Å². The van der Waals surface area contributed by atoms with Crippen LogP contribution in [0, 0.1) is 0 Å². The van der Waals surface area contributed by atoms with Crippen molar-refractivity contribution in [2.45, 2.75) is 25.8 Å². The fraction of sp³-hybridized carbons (Fsp3) is 0.571. The number of ether oxygens (including phenoxy) is 2. The summed E-state index contributed by atoms with van der Waals surface area (Å²) in [4.78, 5) is 0. The number of methoxy groups -OCH3 is 2. The van der Waals surface area contributed by atoms with Crippen molar-refractivity contribution in [1.29, 1.82) is 0 Å². The molecule has 0 radical (unpaired) electrons. The Hall–Kier alpha value is -1.26. The second kappa shape index (κ2) is 7.95. The third kappa shape index (κ3) is 3.89. The van der Waals surface area contributed by atoms with Crippen LogP contribution in [0.3, 0.4) is 0 Å². The largest absolute Gasteiger partial charge is 0.493 e. The van der Waals surface area contributed by atoms with Gasteiger partial charge < -0.3 is 20.5 Å². The van der Waals surface area contributed by atoms with Crippen molar-refractivity contribution in [2.75, 3.05) is 27.3 Å². The Morgan fingerprint density at radius 1 is 1.28 bits per heavy atom. The predicted octanol–water partition coefficient (Wildman–Crippen LogP) is 1.57. The number of hydrogen-bond acceptors (Lipinski definition) is 4. The molecule has 18 heavy (non-hydrogen) atoms. The SMILES string of the molecule is CCC(Cc1cccc(OC)c1OC)NCCN. The molecule has 4 nitrogen and oxygen atoms in total. The molecule has 0 fully saturated rings. The van der Waals surface area contributed by atoms with Gasteiger partial charge in [-0.05, 0) is 24.5 Å². The van der Waals surface area contributed by atoms with Crippen molar-refractivity contribution < 1.29 is 9.47 Å². The minimum atomic E-state index is 0.412. The first kappa shape index (κ1) is 14.8. The van der Waals surface area contributed by atoms with Gasteiger partial charge >= 0.3 is 0 Å². The van der Waals surface area contributed by atoms with Crippen molar-refractivity contribution in [3.63, 3.8) is 0 Å². The molecule has 0 aliphatic heterocycles. The molecule has 0 spiro atoms. The van der Waals surface area contributed by atoms with E-state index in [1.807, 2.05) is 12.1 Å². The van der Waals surface area contributed by atoms with E-state index in [0.717, 1.165) is 36.4 Å². The van der Waals surface area contributed by atoms with Crippen LogP contribution in [0.5, 0.6) is 11.5 Å². The van der Waals surface area contributed by atoms with Gasteiger partial charge in [0.1, 0.15) is 0 Å². The topological polar surface area (TPSA) is 56.5 Å². The molecular weight excluding hydrogens is 228 g/mol. The van der Waals surface area contributed by atoms with Gasteiger partial charge in [0.05, 0.1) is 14.2 Å². The van der Waals surface area contributed by atoms with Gasteiger partial charge in [0.15, 0.2) is 11.5 Å². The highest BCUT2D eigenvalue weighted by Gasteiger charge is 2.13. The lowest BCUT2D eigenvalue weighted by Crippen LogP contribution is -2.34. The first-order valence-corrected chi connectivity index (χ1v) is 6.40. The maximum Gasteiger partial charge on any atom is 0.163 e. The average molecular weight is 252 g/mol. The second-order valence-electron chi connectivity index (χ2n) is 4.20. The summed E-state index contributed by atoms with van der Waals surface area (Å²) in [6.07, 6.45) is 1.97. The lowest BCUT2D eigenvalue weighted by atomic mass is 10.0. The molecule has 0 amide bonds. The van der Waals surface area contributed by atoms with Gasteiger partial charge in [-0.15, -0.1) is 0 Å². The van der Waals surface area contributed by atoms with Gasteiger partial charge in [-0.25, -0.2) is 0 Å². The van der Waals surface area contributed by atoms with Crippen molar-refractivity contribution in [3.05, 3.63) is 23.8 Å². The second-order valence-corrected chi connectivity index (χ2v) is 4.20. The van der Waals surface area contributed by atoms with Crippen LogP contribution in [0.4, 0.5) is 0 Å². The van der Waals surface area contributed by atoms with E-state index in [4.69, 9.17) is 15.2 Å². The molecule has 1 aromatic carbocycles.